The Balaban J connectivity index is 2.01. The summed E-state index contributed by atoms with van der Waals surface area (Å²) in [7, 11) is 2.04. The van der Waals surface area contributed by atoms with Crippen LogP contribution in [0, 0.1) is 0 Å². The van der Waals surface area contributed by atoms with Gasteiger partial charge in [-0.05, 0) is 18.6 Å². The minimum absolute atomic E-state index is 0.607. The lowest BCUT2D eigenvalue weighted by atomic mass is 10.2. The molecule has 2 rings (SSSR count). The van der Waals surface area contributed by atoms with Crippen molar-refractivity contribution >= 4 is 21.9 Å². The fourth-order valence-corrected chi connectivity index (χ4v) is 2.92. The van der Waals surface area contributed by atoms with Gasteiger partial charge in [0.15, 0.2) is 5.96 Å². The molecule has 0 atom stereocenters. The number of halogens is 1. The van der Waals surface area contributed by atoms with Crippen molar-refractivity contribution in [3.05, 3.63) is 58.6 Å². The van der Waals surface area contributed by atoms with Crippen LogP contribution in [0.25, 0.3) is 0 Å². The van der Waals surface area contributed by atoms with Crippen LogP contribution >= 0.6 is 15.9 Å². The average Bonchev–Trinajstić information content (AvgIpc) is 3.07. The maximum absolute atomic E-state index is 4.69. The van der Waals surface area contributed by atoms with Crippen molar-refractivity contribution in [1.29, 1.82) is 0 Å². The maximum Gasteiger partial charge on any atom is 0.194 e. The fraction of sp³-hybridized carbons (Fsp3) is 0.421. The summed E-state index contributed by atoms with van der Waals surface area (Å²) < 4.78 is 3.17. The molecule has 0 amide bonds. The van der Waals surface area contributed by atoms with Gasteiger partial charge < -0.3 is 14.8 Å². The Morgan fingerprint density at radius 1 is 1.38 bits per heavy atom. The van der Waals surface area contributed by atoms with E-state index in [1.54, 1.807) is 6.33 Å². The smallest absolute Gasteiger partial charge is 0.194 e. The number of nitrogens with zero attached hydrogens (tertiary/aromatic N) is 5. The van der Waals surface area contributed by atoms with E-state index in [2.05, 4.69) is 71.5 Å². The Labute approximate surface area is 164 Å². The molecule has 0 fully saturated rings. The standard InChI is InChI=1S/C19H27BrN6/c1-5-18-24-23-14-26(18)11-10-21-19(22-12-15(2)3)25(4)13-16-8-6-7-9-17(16)20/h6-9,14H,2,5,10-13H2,1,3-4H3,(H,21,22). The highest BCUT2D eigenvalue weighted by atomic mass is 79.9. The van der Waals surface area contributed by atoms with Crippen LogP contribution in [-0.4, -0.2) is 45.8 Å². The van der Waals surface area contributed by atoms with Gasteiger partial charge in [0.1, 0.15) is 12.2 Å². The zero-order valence-electron chi connectivity index (χ0n) is 15.7. The Morgan fingerprint density at radius 2 is 2.15 bits per heavy atom. The van der Waals surface area contributed by atoms with E-state index >= 15 is 0 Å². The van der Waals surface area contributed by atoms with Crippen LogP contribution in [0.3, 0.4) is 0 Å². The molecule has 6 nitrogen and oxygen atoms in total. The number of benzene rings is 1. The lowest BCUT2D eigenvalue weighted by molar-refractivity contribution is 0.470. The summed E-state index contributed by atoms with van der Waals surface area (Å²) in [5.41, 5.74) is 2.25. The van der Waals surface area contributed by atoms with Crippen molar-refractivity contribution in [2.45, 2.75) is 33.4 Å². The van der Waals surface area contributed by atoms with Gasteiger partial charge >= 0.3 is 0 Å². The number of aromatic nitrogens is 3. The molecule has 0 radical (unpaired) electrons. The maximum atomic E-state index is 4.69. The lowest BCUT2D eigenvalue weighted by Crippen LogP contribution is -2.40. The van der Waals surface area contributed by atoms with E-state index in [0.29, 0.717) is 6.54 Å². The SMILES string of the molecule is C=C(C)CN=C(NCCn1cnnc1CC)N(C)Cc1ccccc1Br. The van der Waals surface area contributed by atoms with E-state index in [-0.39, 0.29) is 0 Å². The van der Waals surface area contributed by atoms with Gasteiger partial charge in [-0.15, -0.1) is 10.2 Å². The number of aliphatic imine (C=N–C) groups is 1. The van der Waals surface area contributed by atoms with Gasteiger partial charge in [-0.3, -0.25) is 0 Å². The van der Waals surface area contributed by atoms with Crippen molar-refractivity contribution in [2.24, 2.45) is 4.99 Å². The molecule has 1 heterocycles. The summed E-state index contributed by atoms with van der Waals surface area (Å²) in [4.78, 5) is 6.81. The quantitative estimate of drug-likeness (QED) is 0.406. The van der Waals surface area contributed by atoms with Crippen LogP contribution in [0.4, 0.5) is 0 Å². The second-order valence-electron chi connectivity index (χ2n) is 6.27. The second kappa shape index (κ2) is 10.1. The number of rotatable bonds is 8. The molecule has 0 bridgehead atoms. The van der Waals surface area contributed by atoms with E-state index in [9.17, 15) is 0 Å². The first kappa shape index (κ1) is 20.2. The average molecular weight is 419 g/mol. The second-order valence-corrected chi connectivity index (χ2v) is 7.12. The third-order valence-corrected chi connectivity index (χ3v) is 4.65. The zero-order valence-corrected chi connectivity index (χ0v) is 17.3. The molecule has 0 aliphatic heterocycles. The Kier molecular flexibility index (Phi) is 7.84. The third kappa shape index (κ3) is 5.98. The van der Waals surface area contributed by atoms with E-state index in [0.717, 1.165) is 47.9 Å². The summed E-state index contributed by atoms with van der Waals surface area (Å²) in [5, 5.41) is 11.5. The Hall–Kier alpha value is -2.15. The van der Waals surface area contributed by atoms with Crippen LogP contribution in [0.2, 0.25) is 0 Å². The lowest BCUT2D eigenvalue weighted by Gasteiger charge is -2.23. The minimum atomic E-state index is 0.607. The van der Waals surface area contributed by atoms with Crippen LogP contribution in [-0.2, 0) is 19.5 Å². The van der Waals surface area contributed by atoms with Crippen LogP contribution < -0.4 is 5.32 Å². The third-order valence-electron chi connectivity index (χ3n) is 3.87. The van der Waals surface area contributed by atoms with E-state index in [4.69, 9.17) is 0 Å². The predicted octanol–water partition coefficient (Wildman–Crippen LogP) is 3.26. The van der Waals surface area contributed by atoms with Gasteiger partial charge in [0.2, 0.25) is 0 Å². The molecule has 1 aromatic heterocycles. The van der Waals surface area contributed by atoms with Gasteiger partial charge in [-0.1, -0.05) is 53.2 Å². The van der Waals surface area contributed by atoms with Crippen molar-refractivity contribution in [2.75, 3.05) is 20.1 Å². The molecule has 26 heavy (non-hydrogen) atoms. The molecule has 0 unspecified atom stereocenters. The van der Waals surface area contributed by atoms with Crippen molar-refractivity contribution in [3.63, 3.8) is 0 Å². The largest absolute Gasteiger partial charge is 0.354 e. The number of aryl methyl sites for hydroxylation is 1. The topological polar surface area (TPSA) is 58.3 Å². The molecule has 0 aliphatic rings. The summed E-state index contributed by atoms with van der Waals surface area (Å²) in [5.74, 6) is 1.85. The first-order valence-corrected chi connectivity index (χ1v) is 9.54. The summed E-state index contributed by atoms with van der Waals surface area (Å²) in [6.07, 6.45) is 2.65. The molecule has 1 N–H and O–H groups in total. The molecule has 0 saturated heterocycles. The van der Waals surface area contributed by atoms with Gasteiger partial charge in [-0.2, -0.15) is 0 Å². The minimum Gasteiger partial charge on any atom is -0.354 e. The zero-order chi connectivity index (χ0) is 18.9. The molecule has 0 saturated carbocycles. The number of nitrogens with one attached hydrogen (secondary N) is 1. The molecule has 140 valence electrons. The van der Waals surface area contributed by atoms with Gasteiger partial charge in [-0.25, -0.2) is 4.99 Å². The molecule has 0 spiro atoms. The van der Waals surface area contributed by atoms with Gasteiger partial charge in [0.25, 0.3) is 0 Å². The van der Waals surface area contributed by atoms with Crippen LogP contribution in [0.5, 0.6) is 0 Å². The first-order chi connectivity index (χ1) is 12.5. The fourth-order valence-electron chi connectivity index (χ4n) is 2.51. The highest BCUT2D eigenvalue weighted by molar-refractivity contribution is 9.10. The van der Waals surface area contributed by atoms with Gasteiger partial charge in [0, 0.05) is 37.6 Å². The summed E-state index contributed by atoms with van der Waals surface area (Å²) >= 11 is 3.61. The predicted molar refractivity (Wildman–Crippen MR) is 110 cm³/mol. The van der Waals surface area contributed by atoms with Crippen LogP contribution in [0.1, 0.15) is 25.2 Å². The molecule has 0 aliphatic carbocycles. The summed E-state index contributed by atoms with van der Waals surface area (Å²) in [6.45, 7) is 10.9. The molecule has 1 aromatic carbocycles. The highest BCUT2D eigenvalue weighted by Crippen LogP contribution is 2.17. The molecular formula is C19H27BrN6. The van der Waals surface area contributed by atoms with Crippen LogP contribution in [0.15, 0.2) is 52.2 Å². The Morgan fingerprint density at radius 3 is 2.85 bits per heavy atom. The number of guanidine groups is 1. The monoisotopic (exact) mass is 418 g/mol. The van der Waals surface area contributed by atoms with Crippen molar-refractivity contribution in [1.82, 2.24) is 25.0 Å². The summed E-state index contributed by atoms with van der Waals surface area (Å²) in [6, 6.07) is 8.23. The van der Waals surface area contributed by atoms with E-state index in [1.807, 2.05) is 26.1 Å². The van der Waals surface area contributed by atoms with E-state index in [1.165, 1.54) is 5.56 Å². The normalized spacial score (nSPS) is 11.5. The number of hydrogen-bond acceptors (Lipinski definition) is 3. The molecule has 7 heteroatoms. The number of hydrogen-bond donors (Lipinski definition) is 1. The highest BCUT2D eigenvalue weighted by Gasteiger charge is 2.09. The van der Waals surface area contributed by atoms with E-state index < -0.39 is 0 Å². The molecule has 2 aromatic rings. The Bertz CT molecular complexity index is 752. The van der Waals surface area contributed by atoms with Crippen molar-refractivity contribution < 1.29 is 0 Å². The molecular weight excluding hydrogens is 392 g/mol. The van der Waals surface area contributed by atoms with Crippen molar-refractivity contribution in [3.8, 4) is 0 Å². The van der Waals surface area contributed by atoms with Gasteiger partial charge in [0.05, 0.1) is 6.54 Å². The first-order valence-electron chi connectivity index (χ1n) is 8.75.